The molecule has 0 aliphatic heterocycles. The van der Waals surface area contributed by atoms with Crippen molar-refractivity contribution in [3.8, 4) is 0 Å². The topological polar surface area (TPSA) is 38.3 Å². The summed E-state index contributed by atoms with van der Waals surface area (Å²) in [5.41, 5.74) is 0.494. The van der Waals surface area contributed by atoms with Gasteiger partial charge < -0.3 is 10.1 Å². The molecule has 86 valence electrons. The zero-order valence-electron chi connectivity index (χ0n) is 9.71. The molecule has 0 saturated heterocycles. The minimum absolute atomic E-state index is 0.0376. The van der Waals surface area contributed by atoms with Gasteiger partial charge >= 0.3 is 0 Å². The second kappa shape index (κ2) is 4.12. The smallest absolute Gasteiger partial charge is 0.246 e. The van der Waals surface area contributed by atoms with Gasteiger partial charge in [-0.05, 0) is 50.9 Å². The van der Waals surface area contributed by atoms with E-state index in [1.54, 1.807) is 0 Å². The van der Waals surface area contributed by atoms with E-state index in [0.29, 0.717) is 5.41 Å². The summed E-state index contributed by atoms with van der Waals surface area (Å²) in [6.45, 7) is 4.97. The number of hydrogen-bond acceptors (Lipinski definition) is 2. The van der Waals surface area contributed by atoms with Crippen LogP contribution in [-0.2, 0) is 9.53 Å². The Morgan fingerprint density at radius 1 is 1.47 bits per heavy atom. The van der Waals surface area contributed by atoms with E-state index < -0.39 is 0 Å². The maximum absolute atomic E-state index is 11.4. The van der Waals surface area contributed by atoms with Gasteiger partial charge in [0.2, 0.25) is 5.91 Å². The molecule has 3 heteroatoms. The van der Waals surface area contributed by atoms with Gasteiger partial charge in [-0.2, -0.15) is 0 Å². The normalized spacial score (nSPS) is 22.9. The van der Waals surface area contributed by atoms with Gasteiger partial charge in [-0.3, -0.25) is 4.79 Å². The second-order valence-corrected chi connectivity index (χ2v) is 5.27. The van der Waals surface area contributed by atoms with Crippen molar-refractivity contribution in [1.29, 1.82) is 0 Å². The molecule has 0 atom stereocenters. The molecule has 0 spiro atoms. The van der Waals surface area contributed by atoms with E-state index in [9.17, 15) is 4.79 Å². The van der Waals surface area contributed by atoms with Gasteiger partial charge in [0, 0.05) is 6.54 Å². The Labute approximate surface area is 91.6 Å². The lowest BCUT2D eigenvalue weighted by molar-refractivity contribution is -0.127. The fraction of sp³-hybridized carbons (Fsp3) is 0.917. The van der Waals surface area contributed by atoms with Crippen LogP contribution in [0, 0.1) is 11.3 Å². The van der Waals surface area contributed by atoms with E-state index >= 15 is 0 Å². The molecule has 1 amide bonds. The largest absolute Gasteiger partial charge is 0.369 e. The van der Waals surface area contributed by atoms with Crippen molar-refractivity contribution >= 4 is 5.91 Å². The molecule has 0 unspecified atom stereocenters. The SMILES string of the molecule is CC(C)OCC(=O)NCC1(C2CC2)CC1. The van der Waals surface area contributed by atoms with Crippen LogP contribution in [0.3, 0.4) is 0 Å². The van der Waals surface area contributed by atoms with Crippen LogP contribution in [-0.4, -0.2) is 25.2 Å². The molecule has 0 aromatic heterocycles. The Balaban J connectivity index is 1.63. The first-order valence-corrected chi connectivity index (χ1v) is 6.01. The summed E-state index contributed by atoms with van der Waals surface area (Å²) in [7, 11) is 0. The number of hydrogen-bond donors (Lipinski definition) is 1. The molecule has 2 saturated carbocycles. The number of carbonyl (C=O) groups excluding carboxylic acids is 1. The predicted molar refractivity (Wildman–Crippen MR) is 58.5 cm³/mol. The lowest BCUT2D eigenvalue weighted by Gasteiger charge is -2.15. The fourth-order valence-electron chi connectivity index (χ4n) is 2.15. The molecule has 3 nitrogen and oxygen atoms in total. The summed E-state index contributed by atoms with van der Waals surface area (Å²) in [6.07, 6.45) is 5.50. The van der Waals surface area contributed by atoms with Crippen molar-refractivity contribution in [2.45, 2.75) is 45.6 Å². The quantitative estimate of drug-likeness (QED) is 0.726. The summed E-state index contributed by atoms with van der Waals surface area (Å²) in [4.78, 5) is 11.4. The minimum Gasteiger partial charge on any atom is -0.369 e. The third kappa shape index (κ3) is 2.94. The van der Waals surface area contributed by atoms with Gasteiger partial charge in [0.25, 0.3) is 0 Å². The number of nitrogens with one attached hydrogen (secondary N) is 1. The third-order valence-corrected chi connectivity index (χ3v) is 3.52. The highest BCUT2D eigenvalue weighted by molar-refractivity contribution is 5.77. The van der Waals surface area contributed by atoms with E-state index in [2.05, 4.69) is 5.32 Å². The van der Waals surface area contributed by atoms with Gasteiger partial charge in [-0.1, -0.05) is 0 Å². The molecule has 15 heavy (non-hydrogen) atoms. The average Bonchev–Trinajstić information content (AvgIpc) is 3.01. The Morgan fingerprint density at radius 3 is 2.60 bits per heavy atom. The highest BCUT2D eigenvalue weighted by Crippen LogP contribution is 2.60. The van der Waals surface area contributed by atoms with Gasteiger partial charge in [0.15, 0.2) is 0 Å². The molecule has 0 aromatic rings. The van der Waals surface area contributed by atoms with E-state index in [1.165, 1.54) is 25.7 Å². The number of amides is 1. The van der Waals surface area contributed by atoms with Crippen molar-refractivity contribution < 1.29 is 9.53 Å². The number of rotatable bonds is 6. The van der Waals surface area contributed by atoms with Crippen molar-refractivity contribution in [3.63, 3.8) is 0 Å². The maximum Gasteiger partial charge on any atom is 0.246 e. The van der Waals surface area contributed by atoms with E-state index in [0.717, 1.165) is 12.5 Å². The predicted octanol–water partition coefficient (Wildman–Crippen LogP) is 1.72. The maximum atomic E-state index is 11.4. The fourth-order valence-corrected chi connectivity index (χ4v) is 2.15. The summed E-state index contributed by atoms with van der Waals surface area (Å²) in [5, 5.41) is 3.00. The zero-order valence-corrected chi connectivity index (χ0v) is 9.71. The first-order chi connectivity index (χ1) is 7.12. The van der Waals surface area contributed by atoms with Gasteiger partial charge in [0.1, 0.15) is 6.61 Å². The first-order valence-electron chi connectivity index (χ1n) is 6.01. The van der Waals surface area contributed by atoms with Crippen molar-refractivity contribution in [2.24, 2.45) is 11.3 Å². The minimum atomic E-state index is 0.0376. The molecule has 1 N–H and O–H groups in total. The highest BCUT2D eigenvalue weighted by Gasteiger charge is 2.53. The van der Waals surface area contributed by atoms with E-state index in [-0.39, 0.29) is 18.6 Å². The van der Waals surface area contributed by atoms with Crippen LogP contribution in [0.4, 0.5) is 0 Å². The van der Waals surface area contributed by atoms with Crippen LogP contribution in [0.1, 0.15) is 39.5 Å². The Bertz CT molecular complexity index is 242. The molecule has 0 aromatic carbocycles. The van der Waals surface area contributed by atoms with Crippen LogP contribution in [0.25, 0.3) is 0 Å². The first kappa shape index (κ1) is 10.9. The lowest BCUT2D eigenvalue weighted by atomic mass is 10.0. The Kier molecular flexibility index (Phi) is 3.01. The molecule has 0 heterocycles. The third-order valence-electron chi connectivity index (χ3n) is 3.52. The second-order valence-electron chi connectivity index (χ2n) is 5.27. The van der Waals surface area contributed by atoms with Crippen LogP contribution in [0.5, 0.6) is 0 Å². The Hall–Kier alpha value is -0.570. The molecule has 0 bridgehead atoms. The summed E-state index contributed by atoms with van der Waals surface area (Å²) in [5.74, 6) is 0.944. The van der Waals surface area contributed by atoms with E-state index in [1.807, 2.05) is 13.8 Å². The summed E-state index contributed by atoms with van der Waals surface area (Å²) >= 11 is 0. The molecule has 2 fully saturated rings. The molecule has 0 radical (unpaired) electrons. The van der Waals surface area contributed by atoms with Gasteiger partial charge in [-0.15, -0.1) is 0 Å². The van der Waals surface area contributed by atoms with Gasteiger partial charge in [0.05, 0.1) is 6.10 Å². The van der Waals surface area contributed by atoms with Crippen molar-refractivity contribution in [1.82, 2.24) is 5.32 Å². The monoisotopic (exact) mass is 211 g/mol. The summed E-state index contributed by atoms with van der Waals surface area (Å²) < 4.78 is 5.25. The summed E-state index contributed by atoms with van der Waals surface area (Å²) in [6, 6.07) is 0. The van der Waals surface area contributed by atoms with Gasteiger partial charge in [-0.25, -0.2) is 0 Å². The zero-order chi connectivity index (χ0) is 10.9. The van der Waals surface area contributed by atoms with Crippen molar-refractivity contribution in [2.75, 3.05) is 13.2 Å². The van der Waals surface area contributed by atoms with Crippen LogP contribution >= 0.6 is 0 Å². The standard InChI is InChI=1S/C12H21NO2/c1-9(2)15-7-11(14)13-8-12(5-6-12)10-3-4-10/h9-10H,3-8H2,1-2H3,(H,13,14). The number of carbonyl (C=O) groups is 1. The number of ether oxygens (including phenoxy) is 1. The van der Waals surface area contributed by atoms with E-state index in [4.69, 9.17) is 4.74 Å². The molecule has 2 aliphatic rings. The van der Waals surface area contributed by atoms with Crippen LogP contribution in [0.2, 0.25) is 0 Å². The molecular weight excluding hydrogens is 190 g/mol. The lowest BCUT2D eigenvalue weighted by Crippen LogP contribution is -2.34. The highest BCUT2D eigenvalue weighted by atomic mass is 16.5. The molecule has 2 aliphatic carbocycles. The average molecular weight is 211 g/mol. The Morgan fingerprint density at radius 2 is 2.13 bits per heavy atom. The van der Waals surface area contributed by atoms with Crippen LogP contribution < -0.4 is 5.32 Å². The van der Waals surface area contributed by atoms with Crippen molar-refractivity contribution in [3.05, 3.63) is 0 Å². The molecular formula is C12H21NO2. The van der Waals surface area contributed by atoms with Crippen LogP contribution in [0.15, 0.2) is 0 Å². The molecule has 2 rings (SSSR count).